The number of benzene rings is 1. The molecule has 0 saturated heterocycles. The zero-order valence-corrected chi connectivity index (χ0v) is 8.45. The van der Waals surface area contributed by atoms with Gasteiger partial charge in [0.05, 0.1) is 12.3 Å². The molecule has 0 fully saturated rings. The Morgan fingerprint density at radius 2 is 1.93 bits per heavy atom. The van der Waals surface area contributed by atoms with Crippen LogP contribution in [0.5, 0.6) is 0 Å². The molecule has 0 aliphatic carbocycles. The summed E-state index contributed by atoms with van der Waals surface area (Å²) in [5, 5.41) is 10.2. The monoisotopic (exact) mass is 208 g/mol. The summed E-state index contributed by atoms with van der Waals surface area (Å²) in [5.74, 6) is 0. The number of rotatable bonds is 2. The van der Waals surface area contributed by atoms with Crippen LogP contribution in [0.2, 0.25) is 5.15 Å². The molecule has 0 saturated carbocycles. The van der Waals surface area contributed by atoms with E-state index >= 15 is 0 Å². The summed E-state index contributed by atoms with van der Waals surface area (Å²) in [6.45, 7) is 0.449. The van der Waals surface area contributed by atoms with Crippen molar-refractivity contribution in [3.63, 3.8) is 0 Å². The molecule has 0 amide bonds. The van der Waals surface area contributed by atoms with Crippen LogP contribution in [0.1, 0.15) is 5.69 Å². The average Bonchev–Trinajstić information content (AvgIpc) is 2.23. The van der Waals surface area contributed by atoms with Gasteiger partial charge >= 0.3 is 0 Å². The predicted molar refractivity (Wildman–Crippen MR) is 55.3 cm³/mol. The highest BCUT2D eigenvalue weighted by molar-refractivity contribution is 6.34. The van der Waals surface area contributed by atoms with Crippen LogP contribution >= 0.6 is 11.6 Å². The number of nitrogens with zero attached hydrogens (tertiary/aromatic N) is 2. The van der Waals surface area contributed by atoms with Crippen molar-refractivity contribution < 1.29 is 4.74 Å². The van der Waals surface area contributed by atoms with E-state index in [1.807, 2.05) is 24.3 Å². The molecule has 0 aliphatic rings. The lowest BCUT2D eigenvalue weighted by Crippen LogP contribution is -1.97. The van der Waals surface area contributed by atoms with Crippen molar-refractivity contribution in [1.29, 1.82) is 0 Å². The van der Waals surface area contributed by atoms with E-state index in [1.54, 1.807) is 7.11 Å². The highest BCUT2D eigenvalue weighted by Gasteiger charge is 2.06. The fourth-order valence-corrected chi connectivity index (χ4v) is 1.57. The number of hydrogen-bond donors (Lipinski definition) is 0. The lowest BCUT2D eigenvalue weighted by molar-refractivity contribution is 0.182. The minimum absolute atomic E-state index is 0.431. The van der Waals surface area contributed by atoms with Gasteiger partial charge in [-0.15, -0.1) is 5.10 Å². The molecule has 1 aromatic carbocycles. The predicted octanol–water partition coefficient (Wildman–Crippen LogP) is 2.43. The first kappa shape index (κ1) is 9.37. The van der Waals surface area contributed by atoms with Gasteiger partial charge in [0, 0.05) is 17.9 Å². The Labute approximate surface area is 86.7 Å². The molecule has 2 rings (SSSR count). The summed E-state index contributed by atoms with van der Waals surface area (Å²) < 4.78 is 5.03. The van der Waals surface area contributed by atoms with E-state index in [0.29, 0.717) is 11.8 Å². The zero-order valence-electron chi connectivity index (χ0n) is 7.70. The van der Waals surface area contributed by atoms with Crippen LogP contribution in [0.3, 0.4) is 0 Å². The quantitative estimate of drug-likeness (QED) is 0.761. The highest BCUT2D eigenvalue weighted by Crippen LogP contribution is 2.22. The largest absolute Gasteiger partial charge is 0.378 e. The molecular formula is C10H9ClN2O. The number of ether oxygens (including phenoxy) is 1. The Morgan fingerprint density at radius 1 is 1.21 bits per heavy atom. The van der Waals surface area contributed by atoms with E-state index in [2.05, 4.69) is 10.2 Å². The summed E-state index contributed by atoms with van der Waals surface area (Å²) >= 11 is 5.91. The van der Waals surface area contributed by atoms with E-state index in [0.717, 1.165) is 16.5 Å². The van der Waals surface area contributed by atoms with Gasteiger partial charge in [0.25, 0.3) is 0 Å². The molecule has 0 aliphatic heterocycles. The van der Waals surface area contributed by atoms with Crippen molar-refractivity contribution in [3.8, 4) is 0 Å². The third-order valence-electron chi connectivity index (χ3n) is 2.00. The second kappa shape index (κ2) is 3.90. The van der Waals surface area contributed by atoms with Gasteiger partial charge in [0.15, 0.2) is 5.15 Å². The zero-order chi connectivity index (χ0) is 9.97. The summed E-state index contributed by atoms with van der Waals surface area (Å²) in [4.78, 5) is 0. The summed E-state index contributed by atoms with van der Waals surface area (Å²) in [7, 11) is 1.63. The van der Waals surface area contributed by atoms with Crippen LogP contribution in [0.25, 0.3) is 10.8 Å². The second-order valence-corrected chi connectivity index (χ2v) is 3.27. The topological polar surface area (TPSA) is 35.0 Å². The molecule has 3 nitrogen and oxygen atoms in total. The maximum Gasteiger partial charge on any atom is 0.159 e. The van der Waals surface area contributed by atoms with Crippen LogP contribution in [-0.4, -0.2) is 17.3 Å². The third-order valence-corrected chi connectivity index (χ3v) is 2.28. The van der Waals surface area contributed by atoms with Crippen molar-refractivity contribution in [3.05, 3.63) is 35.1 Å². The van der Waals surface area contributed by atoms with Gasteiger partial charge in [0.2, 0.25) is 0 Å². The summed E-state index contributed by atoms with van der Waals surface area (Å²) in [6.07, 6.45) is 0. The van der Waals surface area contributed by atoms with Crippen molar-refractivity contribution >= 4 is 22.4 Å². The van der Waals surface area contributed by atoms with Crippen LogP contribution in [0, 0.1) is 0 Å². The standard InChI is InChI=1S/C10H9ClN2O/c1-14-6-9-7-4-2-3-5-8(7)10(11)13-12-9/h2-5H,6H2,1H3. The first-order valence-electron chi connectivity index (χ1n) is 4.21. The van der Waals surface area contributed by atoms with Gasteiger partial charge in [-0.25, -0.2) is 0 Å². The van der Waals surface area contributed by atoms with Gasteiger partial charge in [-0.3, -0.25) is 0 Å². The molecule has 0 atom stereocenters. The Hall–Kier alpha value is -1.19. The van der Waals surface area contributed by atoms with Crippen molar-refractivity contribution in [2.45, 2.75) is 6.61 Å². The molecular weight excluding hydrogens is 200 g/mol. The Balaban J connectivity index is 2.68. The van der Waals surface area contributed by atoms with Gasteiger partial charge in [0.1, 0.15) is 0 Å². The van der Waals surface area contributed by atoms with E-state index in [4.69, 9.17) is 16.3 Å². The summed E-state index contributed by atoms with van der Waals surface area (Å²) in [6, 6.07) is 7.75. The maximum absolute atomic E-state index is 5.91. The first-order valence-corrected chi connectivity index (χ1v) is 4.59. The molecule has 1 aromatic heterocycles. The number of aromatic nitrogens is 2. The van der Waals surface area contributed by atoms with Crippen LogP contribution in [0.4, 0.5) is 0 Å². The van der Waals surface area contributed by atoms with Gasteiger partial charge < -0.3 is 4.74 Å². The second-order valence-electron chi connectivity index (χ2n) is 2.92. The van der Waals surface area contributed by atoms with E-state index < -0.39 is 0 Å². The fourth-order valence-electron chi connectivity index (χ4n) is 1.37. The van der Waals surface area contributed by atoms with Crippen molar-refractivity contribution in [2.75, 3.05) is 7.11 Å². The molecule has 0 unspecified atom stereocenters. The highest BCUT2D eigenvalue weighted by atomic mass is 35.5. The summed E-state index contributed by atoms with van der Waals surface area (Å²) in [5.41, 5.74) is 0.813. The molecule has 0 radical (unpaired) electrons. The maximum atomic E-state index is 5.91. The number of fused-ring (bicyclic) bond motifs is 1. The van der Waals surface area contributed by atoms with Crippen molar-refractivity contribution in [1.82, 2.24) is 10.2 Å². The van der Waals surface area contributed by atoms with Gasteiger partial charge in [-0.2, -0.15) is 5.10 Å². The SMILES string of the molecule is COCc1nnc(Cl)c2ccccc12. The Bertz CT molecular complexity index is 459. The van der Waals surface area contributed by atoms with Crippen molar-refractivity contribution in [2.24, 2.45) is 0 Å². The Morgan fingerprint density at radius 3 is 2.64 bits per heavy atom. The Kier molecular flexibility index (Phi) is 2.61. The van der Waals surface area contributed by atoms with Gasteiger partial charge in [-0.1, -0.05) is 35.9 Å². The minimum Gasteiger partial charge on any atom is -0.378 e. The van der Waals surface area contributed by atoms with Crippen LogP contribution in [-0.2, 0) is 11.3 Å². The van der Waals surface area contributed by atoms with Gasteiger partial charge in [-0.05, 0) is 0 Å². The smallest absolute Gasteiger partial charge is 0.159 e. The van der Waals surface area contributed by atoms with E-state index in [9.17, 15) is 0 Å². The molecule has 2 aromatic rings. The minimum atomic E-state index is 0.431. The number of halogens is 1. The molecule has 0 bridgehead atoms. The average molecular weight is 209 g/mol. The molecule has 0 spiro atoms. The molecule has 72 valence electrons. The van der Waals surface area contributed by atoms with Crippen LogP contribution < -0.4 is 0 Å². The molecule has 14 heavy (non-hydrogen) atoms. The third kappa shape index (κ3) is 1.56. The molecule has 1 heterocycles. The van der Waals surface area contributed by atoms with Crippen LogP contribution in [0.15, 0.2) is 24.3 Å². The molecule has 0 N–H and O–H groups in total. The lowest BCUT2D eigenvalue weighted by atomic mass is 10.1. The normalized spacial score (nSPS) is 10.7. The van der Waals surface area contributed by atoms with E-state index in [-0.39, 0.29) is 0 Å². The number of hydrogen-bond acceptors (Lipinski definition) is 3. The lowest BCUT2D eigenvalue weighted by Gasteiger charge is -2.04. The molecule has 4 heteroatoms. The van der Waals surface area contributed by atoms with E-state index in [1.165, 1.54) is 0 Å². The fraction of sp³-hybridized carbons (Fsp3) is 0.200. The number of methoxy groups -OCH3 is 1. The first-order chi connectivity index (χ1) is 6.83.